The normalized spacial score (nSPS) is 28.1. The van der Waals surface area contributed by atoms with E-state index in [-0.39, 0.29) is 30.1 Å². The first kappa shape index (κ1) is 18.8. The smallest absolute Gasteiger partial charge is 0.214 e. The van der Waals surface area contributed by atoms with Crippen LogP contribution < -0.4 is 0 Å². The van der Waals surface area contributed by atoms with E-state index in [0.717, 1.165) is 19.3 Å². The lowest BCUT2D eigenvalue weighted by Crippen LogP contribution is -2.58. The van der Waals surface area contributed by atoms with Crippen molar-refractivity contribution in [1.29, 1.82) is 0 Å². The van der Waals surface area contributed by atoms with E-state index in [0.29, 0.717) is 24.8 Å². The second-order valence-electron chi connectivity index (χ2n) is 7.18. The summed E-state index contributed by atoms with van der Waals surface area (Å²) in [6.07, 6.45) is 2.79. The monoisotopic (exact) mass is 370 g/mol. The number of sulfonamides is 1. The lowest BCUT2D eigenvalue weighted by molar-refractivity contribution is -0.0732. The first-order chi connectivity index (χ1) is 11.9. The Morgan fingerprint density at radius 1 is 1.28 bits per heavy atom. The van der Waals surface area contributed by atoms with E-state index >= 15 is 0 Å². The molecule has 0 spiro atoms. The number of aryl methyl sites for hydroxylation is 1. The quantitative estimate of drug-likeness (QED) is 0.794. The van der Waals surface area contributed by atoms with Crippen LogP contribution in [0, 0.1) is 5.82 Å². The van der Waals surface area contributed by atoms with Gasteiger partial charge in [0, 0.05) is 12.6 Å². The van der Waals surface area contributed by atoms with E-state index in [4.69, 9.17) is 4.74 Å². The Bertz CT molecular complexity index is 695. The van der Waals surface area contributed by atoms with Crippen molar-refractivity contribution in [1.82, 2.24) is 9.21 Å². The molecule has 2 aliphatic rings. The van der Waals surface area contributed by atoms with E-state index in [9.17, 15) is 12.8 Å². The van der Waals surface area contributed by atoms with Gasteiger partial charge in [-0.3, -0.25) is 0 Å². The zero-order chi connectivity index (χ0) is 18.0. The molecule has 3 rings (SSSR count). The molecule has 1 aliphatic heterocycles. The van der Waals surface area contributed by atoms with Crippen molar-refractivity contribution in [3.8, 4) is 0 Å². The van der Waals surface area contributed by atoms with Crippen LogP contribution in [0.15, 0.2) is 24.3 Å². The Balaban J connectivity index is 1.68. The fourth-order valence-electron chi connectivity index (χ4n) is 3.93. The minimum absolute atomic E-state index is 0.0434. The van der Waals surface area contributed by atoms with Crippen LogP contribution in [0.4, 0.5) is 4.39 Å². The summed E-state index contributed by atoms with van der Waals surface area (Å²) in [7, 11) is 0.671. The van der Waals surface area contributed by atoms with Gasteiger partial charge in [-0.1, -0.05) is 18.2 Å². The van der Waals surface area contributed by atoms with Crippen molar-refractivity contribution in [3.05, 3.63) is 35.6 Å². The molecule has 25 heavy (non-hydrogen) atoms. The molecular formula is C18H27FN2O3S. The van der Waals surface area contributed by atoms with Crippen molar-refractivity contribution in [2.75, 3.05) is 33.0 Å². The van der Waals surface area contributed by atoms with E-state index < -0.39 is 10.0 Å². The molecule has 3 atom stereocenters. The maximum absolute atomic E-state index is 13.8. The summed E-state index contributed by atoms with van der Waals surface area (Å²) in [4.78, 5) is 2.19. The fourth-order valence-corrected chi connectivity index (χ4v) is 5.65. The molecule has 0 bridgehead atoms. The summed E-state index contributed by atoms with van der Waals surface area (Å²) in [5.74, 6) is -0.405. The number of ether oxygens (including phenoxy) is 1. The number of nitrogens with zero attached hydrogens (tertiary/aromatic N) is 2. The van der Waals surface area contributed by atoms with Crippen LogP contribution in [-0.4, -0.2) is 68.8 Å². The van der Waals surface area contributed by atoms with Crippen molar-refractivity contribution < 1.29 is 17.5 Å². The zero-order valence-electron chi connectivity index (χ0n) is 14.9. The molecule has 0 aromatic heterocycles. The highest BCUT2D eigenvalue weighted by Gasteiger charge is 2.42. The standard InChI is InChI=1S/C18H27FN2O3S/c1-20(2)15-7-8-17-18(13-15)24-11-10-21(17)25(22,23)12-9-14-5-3-4-6-16(14)19/h3-6,15,17-18H,7-13H2,1-2H3. The Labute approximate surface area is 149 Å². The summed E-state index contributed by atoms with van der Waals surface area (Å²) in [6.45, 7) is 0.827. The van der Waals surface area contributed by atoms with E-state index in [1.165, 1.54) is 6.07 Å². The highest BCUT2D eigenvalue weighted by atomic mass is 32.2. The third kappa shape index (κ3) is 4.22. The Kier molecular flexibility index (Phi) is 5.78. The lowest BCUT2D eigenvalue weighted by atomic mass is 9.87. The van der Waals surface area contributed by atoms with Gasteiger partial charge in [-0.2, -0.15) is 4.31 Å². The van der Waals surface area contributed by atoms with Crippen LogP contribution in [0.1, 0.15) is 24.8 Å². The number of benzene rings is 1. The Hall–Kier alpha value is -1.02. The Morgan fingerprint density at radius 2 is 2.04 bits per heavy atom. The van der Waals surface area contributed by atoms with Gasteiger partial charge in [0.2, 0.25) is 10.0 Å². The first-order valence-electron chi connectivity index (χ1n) is 8.89. The molecule has 5 nitrogen and oxygen atoms in total. The second kappa shape index (κ2) is 7.70. The topological polar surface area (TPSA) is 49.9 Å². The average molecular weight is 370 g/mol. The lowest BCUT2D eigenvalue weighted by Gasteiger charge is -2.46. The summed E-state index contributed by atoms with van der Waals surface area (Å²) in [5.41, 5.74) is 0.451. The van der Waals surface area contributed by atoms with Gasteiger partial charge >= 0.3 is 0 Å². The SMILES string of the molecule is CN(C)C1CCC2C(C1)OCCN2S(=O)(=O)CCc1ccccc1F. The molecule has 140 valence electrons. The van der Waals surface area contributed by atoms with Crippen molar-refractivity contribution >= 4 is 10.0 Å². The summed E-state index contributed by atoms with van der Waals surface area (Å²) < 4.78 is 47.0. The minimum atomic E-state index is -3.43. The van der Waals surface area contributed by atoms with E-state index in [1.54, 1.807) is 22.5 Å². The number of hydrogen-bond acceptors (Lipinski definition) is 4. The van der Waals surface area contributed by atoms with E-state index in [1.807, 2.05) is 0 Å². The first-order valence-corrected chi connectivity index (χ1v) is 10.5. The molecule has 0 amide bonds. The van der Waals surface area contributed by atoms with Crippen LogP contribution in [0.2, 0.25) is 0 Å². The molecule has 3 unspecified atom stereocenters. The van der Waals surface area contributed by atoms with Crippen LogP contribution in [0.25, 0.3) is 0 Å². The van der Waals surface area contributed by atoms with Crippen LogP contribution in [-0.2, 0) is 21.2 Å². The largest absolute Gasteiger partial charge is 0.375 e. The van der Waals surface area contributed by atoms with Gasteiger partial charge in [0.1, 0.15) is 5.82 Å². The molecule has 1 heterocycles. The summed E-state index contributed by atoms with van der Waals surface area (Å²) in [5, 5.41) is 0. The van der Waals surface area contributed by atoms with Gasteiger partial charge < -0.3 is 9.64 Å². The summed E-state index contributed by atoms with van der Waals surface area (Å²) >= 11 is 0. The Morgan fingerprint density at radius 3 is 2.76 bits per heavy atom. The maximum atomic E-state index is 13.8. The van der Waals surface area contributed by atoms with Crippen LogP contribution >= 0.6 is 0 Å². The predicted octanol–water partition coefficient (Wildman–Crippen LogP) is 1.88. The van der Waals surface area contributed by atoms with Gasteiger partial charge in [-0.15, -0.1) is 0 Å². The molecule has 0 radical (unpaired) electrons. The molecule has 1 aromatic carbocycles. The van der Waals surface area contributed by atoms with Gasteiger partial charge in [-0.25, -0.2) is 12.8 Å². The third-order valence-corrected chi connectivity index (χ3v) is 7.31. The predicted molar refractivity (Wildman–Crippen MR) is 95.5 cm³/mol. The van der Waals surface area contributed by atoms with Gasteiger partial charge in [-0.05, 0) is 51.4 Å². The molecule has 7 heteroatoms. The van der Waals surface area contributed by atoms with Crippen molar-refractivity contribution in [2.24, 2.45) is 0 Å². The number of halogens is 1. The van der Waals surface area contributed by atoms with Crippen LogP contribution in [0.3, 0.4) is 0 Å². The van der Waals surface area contributed by atoms with Gasteiger partial charge in [0.25, 0.3) is 0 Å². The van der Waals surface area contributed by atoms with Crippen LogP contribution in [0.5, 0.6) is 0 Å². The number of fused-ring (bicyclic) bond motifs is 1. The average Bonchev–Trinajstić information content (AvgIpc) is 2.60. The highest BCUT2D eigenvalue weighted by Crippen LogP contribution is 2.32. The number of rotatable bonds is 5. The molecule has 1 aliphatic carbocycles. The molecule has 0 N–H and O–H groups in total. The zero-order valence-corrected chi connectivity index (χ0v) is 15.7. The van der Waals surface area contributed by atoms with Crippen molar-refractivity contribution in [2.45, 2.75) is 43.9 Å². The van der Waals surface area contributed by atoms with Crippen molar-refractivity contribution in [3.63, 3.8) is 0 Å². The number of hydrogen-bond donors (Lipinski definition) is 0. The number of morpholine rings is 1. The fraction of sp³-hybridized carbons (Fsp3) is 0.667. The summed E-state index contributed by atoms with van der Waals surface area (Å²) in [6, 6.07) is 6.71. The second-order valence-corrected chi connectivity index (χ2v) is 9.22. The van der Waals surface area contributed by atoms with Gasteiger partial charge in [0.15, 0.2) is 0 Å². The molecule has 2 fully saturated rings. The molecule has 1 saturated carbocycles. The highest BCUT2D eigenvalue weighted by molar-refractivity contribution is 7.89. The van der Waals surface area contributed by atoms with E-state index in [2.05, 4.69) is 19.0 Å². The third-order valence-electron chi connectivity index (χ3n) is 5.42. The minimum Gasteiger partial charge on any atom is -0.375 e. The maximum Gasteiger partial charge on any atom is 0.214 e. The molecule has 1 aromatic rings. The molecular weight excluding hydrogens is 343 g/mol. The van der Waals surface area contributed by atoms with Gasteiger partial charge in [0.05, 0.1) is 24.5 Å². The molecule has 1 saturated heterocycles.